The summed E-state index contributed by atoms with van der Waals surface area (Å²) in [6, 6.07) is 0. The Hall–Kier alpha value is -1.77. The SMILES string of the molecule is C#C/C=C/C#C[C@@]1(OC)CC=C(C=O)CCC1. The van der Waals surface area contributed by atoms with Gasteiger partial charge < -0.3 is 4.74 Å². The van der Waals surface area contributed by atoms with E-state index in [2.05, 4.69) is 17.8 Å². The number of hydrogen-bond donors (Lipinski definition) is 0. The van der Waals surface area contributed by atoms with Crippen molar-refractivity contribution < 1.29 is 9.53 Å². The van der Waals surface area contributed by atoms with Gasteiger partial charge in [-0.25, -0.2) is 0 Å². The summed E-state index contributed by atoms with van der Waals surface area (Å²) in [6.07, 6.45) is 14.3. The molecule has 0 N–H and O–H groups in total. The molecule has 0 aliphatic heterocycles. The van der Waals surface area contributed by atoms with E-state index < -0.39 is 5.60 Å². The van der Waals surface area contributed by atoms with Crippen LogP contribution in [0.2, 0.25) is 0 Å². The zero-order chi connectivity index (χ0) is 12.6. The smallest absolute Gasteiger partial charge is 0.145 e. The highest BCUT2D eigenvalue weighted by Gasteiger charge is 2.27. The number of rotatable bonds is 2. The lowest BCUT2D eigenvalue weighted by molar-refractivity contribution is -0.105. The topological polar surface area (TPSA) is 26.3 Å². The van der Waals surface area contributed by atoms with Gasteiger partial charge in [0.15, 0.2) is 0 Å². The third kappa shape index (κ3) is 3.94. The Morgan fingerprint density at radius 3 is 3.00 bits per heavy atom. The minimum absolute atomic E-state index is 0.482. The zero-order valence-electron chi connectivity index (χ0n) is 10.0. The number of ether oxygens (including phenoxy) is 1. The molecule has 1 rings (SSSR count). The third-order valence-corrected chi connectivity index (χ3v) is 2.85. The first kappa shape index (κ1) is 13.3. The molecule has 0 saturated carbocycles. The molecule has 0 aromatic carbocycles. The highest BCUT2D eigenvalue weighted by atomic mass is 16.5. The number of hydrogen-bond acceptors (Lipinski definition) is 2. The first-order chi connectivity index (χ1) is 8.26. The molecule has 0 radical (unpaired) electrons. The fraction of sp³-hybridized carbons (Fsp3) is 0.400. The summed E-state index contributed by atoms with van der Waals surface area (Å²) in [7, 11) is 1.65. The summed E-state index contributed by atoms with van der Waals surface area (Å²) in [5, 5.41) is 0. The number of methoxy groups -OCH3 is 1. The Bertz CT molecular complexity index is 426. The molecular weight excluding hydrogens is 212 g/mol. The predicted octanol–water partition coefficient (Wildman–Crippen LogP) is 2.26. The Labute approximate surface area is 103 Å². The molecule has 0 amide bonds. The average molecular weight is 228 g/mol. The van der Waals surface area contributed by atoms with Crippen LogP contribution in [0.1, 0.15) is 25.7 Å². The van der Waals surface area contributed by atoms with Gasteiger partial charge in [0.25, 0.3) is 0 Å². The molecule has 0 unspecified atom stereocenters. The maximum atomic E-state index is 10.7. The van der Waals surface area contributed by atoms with E-state index in [9.17, 15) is 4.79 Å². The van der Waals surface area contributed by atoms with Crippen LogP contribution in [0.4, 0.5) is 0 Å². The maximum absolute atomic E-state index is 10.7. The van der Waals surface area contributed by atoms with Gasteiger partial charge in [-0.15, -0.1) is 6.42 Å². The summed E-state index contributed by atoms with van der Waals surface area (Å²) in [5.41, 5.74) is 0.355. The third-order valence-electron chi connectivity index (χ3n) is 2.85. The van der Waals surface area contributed by atoms with E-state index in [-0.39, 0.29) is 0 Å². The highest BCUT2D eigenvalue weighted by molar-refractivity contribution is 5.73. The summed E-state index contributed by atoms with van der Waals surface area (Å²) < 4.78 is 5.51. The largest absolute Gasteiger partial charge is 0.365 e. The van der Waals surface area contributed by atoms with Crippen molar-refractivity contribution in [1.29, 1.82) is 0 Å². The summed E-state index contributed by atoms with van der Waals surface area (Å²) in [5.74, 6) is 8.36. The molecule has 0 spiro atoms. The summed E-state index contributed by atoms with van der Waals surface area (Å²) in [6.45, 7) is 0. The number of terminal acetylenes is 1. The van der Waals surface area contributed by atoms with E-state index in [1.807, 2.05) is 6.08 Å². The van der Waals surface area contributed by atoms with Crippen molar-refractivity contribution in [2.24, 2.45) is 0 Å². The van der Waals surface area contributed by atoms with Crippen molar-refractivity contribution in [3.05, 3.63) is 23.8 Å². The van der Waals surface area contributed by atoms with Crippen molar-refractivity contribution >= 4 is 6.29 Å². The summed E-state index contributed by atoms with van der Waals surface area (Å²) >= 11 is 0. The van der Waals surface area contributed by atoms with Crippen LogP contribution >= 0.6 is 0 Å². The van der Waals surface area contributed by atoms with E-state index in [4.69, 9.17) is 11.2 Å². The lowest BCUT2D eigenvalue weighted by Gasteiger charge is -2.24. The average Bonchev–Trinajstić information content (AvgIpc) is 2.58. The van der Waals surface area contributed by atoms with Crippen LogP contribution in [0.25, 0.3) is 0 Å². The van der Waals surface area contributed by atoms with Gasteiger partial charge in [0.2, 0.25) is 0 Å². The minimum atomic E-state index is -0.482. The van der Waals surface area contributed by atoms with Crippen LogP contribution in [-0.4, -0.2) is 19.0 Å². The Balaban J connectivity index is 2.84. The van der Waals surface area contributed by atoms with Crippen LogP contribution in [0.15, 0.2) is 23.8 Å². The van der Waals surface area contributed by atoms with Crippen LogP contribution in [0.3, 0.4) is 0 Å². The fourth-order valence-electron chi connectivity index (χ4n) is 1.80. The lowest BCUT2D eigenvalue weighted by Crippen LogP contribution is -2.28. The molecule has 88 valence electrons. The molecule has 0 heterocycles. The highest BCUT2D eigenvalue weighted by Crippen LogP contribution is 2.28. The molecule has 0 fully saturated rings. The van der Waals surface area contributed by atoms with Crippen molar-refractivity contribution in [2.75, 3.05) is 7.11 Å². The van der Waals surface area contributed by atoms with Crippen molar-refractivity contribution in [2.45, 2.75) is 31.3 Å². The van der Waals surface area contributed by atoms with Gasteiger partial charge in [0.1, 0.15) is 11.9 Å². The molecular formula is C15H16O2. The molecule has 2 heteroatoms. The second-order valence-corrected chi connectivity index (χ2v) is 3.92. The van der Waals surface area contributed by atoms with Crippen LogP contribution in [0.5, 0.6) is 0 Å². The first-order valence-electron chi connectivity index (χ1n) is 5.59. The Morgan fingerprint density at radius 1 is 1.53 bits per heavy atom. The van der Waals surface area contributed by atoms with Gasteiger partial charge in [-0.2, -0.15) is 0 Å². The normalized spacial score (nSPS) is 24.1. The summed E-state index contributed by atoms with van der Waals surface area (Å²) in [4.78, 5) is 10.7. The second kappa shape index (κ2) is 6.74. The van der Waals surface area contributed by atoms with E-state index >= 15 is 0 Å². The molecule has 1 atom stereocenters. The predicted molar refractivity (Wildman–Crippen MR) is 68.1 cm³/mol. The molecule has 2 nitrogen and oxygen atoms in total. The van der Waals surface area contributed by atoms with Crippen molar-refractivity contribution in [1.82, 2.24) is 0 Å². The van der Waals surface area contributed by atoms with Gasteiger partial charge in [-0.1, -0.05) is 23.8 Å². The van der Waals surface area contributed by atoms with Crippen LogP contribution in [-0.2, 0) is 9.53 Å². The molecule has 17 heavy (non-hydrogen) atoms. The first-order valence-corrected chi connectivity index (χ1v) is 5.59. The number of aldehydes is 1. The molecule has 0 aromatic rings. The van der Waals surface area contributed by atoms with E-state index in [0.717, 1.165) is 31.1 Å². The van der Waals surface area contributed by atoms with Crippen LogP contribution < -0.4 is 0 Å². The van der Waals surface area contributed by atoms with Gasteiger partial charge in [0, 0.05) is 13.5 Å². The Kier molecular flexibility index (Phi) is 5.27. The van der Waals surface area contributed by atoms with Gasteiger partial charge in [-0.05, 0) is 37.0 Å². The van der Waals surface area contributed by atoms with E-state index in [1.54, 1.807) is 19.3 Å². The quantitative estimate of drug-likeness (QED) is 0.535. The molecule has 0 aromatic heterocycles. The second-order valence-electron chi connectivity index (χ2n) is 3.92. The zero-order valence-corrected chi connectivity index (χ0v) is 10.0. The fourth-order valence-corrected chi connectivity index (χ4v) is 1.80. The number of carbonyl (C=O) groups excluding carboxylic acids is 1. The number of allylic oxidation sites excluding steroid dienone is 3. The van der Waals surface area contributed by atoms with E-state index in [0.29, 0.717) is 6.42 Å². The molecule has 0 saturated heterocycles. The van der Waals surface area contributed by atoms with E-state index in [1.165, 1.54) is 0 Å². The van der Waals surface area contributed by atoms with Crippen molar-refractivity contribution in [3.8, 4) is 24.2 Å². The van der Waals surface area contributed by atoms with Crippen molar-refractivity contribution in [3.63, 3.8) is 0 Å². The molecule has 1 aliphatic carbocycles. The van der Waals surface area contributed by atoms with Gasteiger partial charge in [0.05, 0.1) is 0 Å². The van der Waals surface area contributed by atoms with Gasteiger partial charge >= 0.3 is 0 Å². The monoisotopic (exact) mass is 228 g/mol. The Morgan fingerprint density at radius 2 is 2.35 bits per heavy atom. The van der Waals surface area contributed by atoms with Gasteiger partial charge in [-0.3, -0.25) is 4.79 Å². The molecule has 1 aliphatic rings. The number of carbonyl (C=O) groups is 1. The standard InChI is InChI=1S/C15H16O2/c1-3-4-5-6-10-15(17-2)11-7-8-14(13-16)9-12-15/h1,4-5,9,13H,7-8,11-12H2,2H3/b5-4+/t15-/m0/s1. The van der Waals surface area contributed by atoms with Crippen LogP contribution in [0, 0.1) is 24.2 Å². The lowest BCUT2D eigenvalue weighted by atomic mass is 9.95. The minimum Gasteiger partial charge on any atom is -0.365 e. The maximum Gasteiger partial charge on any atom is 0.145 e. The molecule has 0 bridgehead atoms.